The van der Waals surface area contributed by atoms with E-state index in [0.29, 0.717) is 0 Å². The maximum Gasteiger partial charge on any atom is 0.0338 e. The van der Waals surface area contributed by atoms with Gasteiger partial charge in [-0.25, -0.2) is 0 Å². The third kappa shape index (κ3) is 1.92. The lowest BCUT2D eigenvalue weighted by atomic mass is 9.99. The molecule has 0 aliphatic heterocycles. The molecule has 0 atom stereocenters. The molecule has 0 fully saturated rings. The topological polar surface area (TPSA) is 12.0 Å². The molecule has 0 amide bonds. The van der Waals surface area contributed by atoms with Crippen molar-refractivity contribution in [2.24, 2.45) is 0 Å². The molecule has 0 saturated heterocycles. The van der Waals surface area contributed by atoms with E-state index in [9.17, 15) is 0 Å². The van der Waals surface area contributed by atoms with Gasteiger partial charge in [0.1, 0.15) is 0 Å². The Balaban J connectivity index is 3.20. The molecule has 1 aromatic rings. The fourth-order valence-electron chi connectivity index (χ4n) is 1.35. The number of aryl methyl sites for hydroxylation is 2. The summed E-state index contributed by atoms with van der Waals surface area (Å²) in [7, 11) is 1.90. The maximum atomic E-state index is 3.94. The Kier molecular flexibility index (Phi) is 2.76. The molecule has 0 heterocycles. The summed E-state index contributed by atoms with van der Waals surface area (Å²) in [5.74, 6) is 0. The van der Waals surface area contributed by atoms with Crippen LogP contribution in [0.4, 0.5) is 0 Å². The molecule has 0 saturated carbocycles. The lowest BCUT2D eigenvalue weighted by molar-refractivity contribution is 1.12. The van der Waals surface area contributed by atoms with Crippen molar-refractivity contribution in [3.63, 3.8) is 0 Å². The highest BCUT2D eigenvalue weighted by Crippen LogP contribution is 2.18. The maximum absolute atomic E-state index is 3.94. The van der Waals surface area contributed by atoms with E-state index < -0.39 is 0 Å². The number of nitrogens with one attached hydrogen (secondary N) is 1. The molecule has 1 nitrogen and oxygen atoms in total. The van der Waals surface area contributed by atoms with Crippen LogP contribution in [0.25, 0.3) is 5.70 Å². The van der Waals surface area contributed by atoms with Gasteiger partial charge in [-0.2, -0.15) is 0 Å². The zero-order valence-electron chi connectivity index (χ0n) is 8.86. The number of benzene rings is 1. The van der Waals surface area contributed by atoms with Crippen molar-refractivity contribution in [3.8, 4) is 0 Å². The smallest absolute Gasteiger partial charge is 0.0338 e. The van der Waals surface area contributed by atoms with E-state index in [4.69, 9.17) is 0 Å². The van der Waals surface area contributed by atoms with Crippen molar-refractivity contribution in [2.75, 3.05) is 7.05 Å². The van der Waals surface area contributed by atoms with Gasteiger partial charge in [-0.15, -0.1) is 0 Å². The van der Waals surface area contributed by atoms with Gasteiger partial charge in [0.2, 0.25) is 0 Å². The molecule has 0 aliphatic rings. The minimum Gasteiger partial charge on any atom is -0.388 e. The van der Waals surface area contributed by atoms with E-state index in [0.717, 1.165) is 5.70 Å². The summed E-state index contributed by atoms with van der Waals surface area (Å²) in [5.41, 5.74) is 6.18. The van der Waals surface area contributed by atoms with Crippen LogP contribution in [0.2, 0.25) is 0 Å². The molecule has 0 unspecified atom stereocenters. The summed E-state index contributed by atoms with van der Waals surface area (Å²) in [6.45, 7) is 10.4. The zero-order valence-corrected chi connectivity index (χ0v) is 8.86. The second kappa shape index (κ2) is 3.65. The fourth-order valence-corrected chi connectivity index (χ4v) is 1.35. The first kappa shape index (κ1) is 9.85. The van der Waals surface area contributed by atoms with E-state index in [1.807, 2.05) is 7.05 Å². The SMILES string of the molecule is C=C(NC)c1cc(C)c(C)c(C)c1. The molecule has 70 valence electrons. The van der Waals surface area contributed by atoms with Crippen LogP contribution in [0.15, 0.2) is 18.7 Å². The molecule has 0 spiro atoms. The van der Waals surface area contributed by atoms with Crippen molar-refractivity contribution >= 4 is 5.70 Å². The Morgan fingerprint density at radius 3 is 2.00 bits per heavy atom. The largest absolute Gasteiger partial charge is 0.388 e. The summed E-state index contributed by atoms with van der Waals surface area (Å²) in [6, 6.07) is 4.34. The van der Waals surface area contributed by atoms with Crippen LogP contribution in [-0.4, -0.2) is 7.05 Å². The number of hydrogen-bond acceptors (Lipinski definition) is 1. The van der Waals surface area contributed by atoms with E-state index in [2.05, 4.69) is 44.8 Å². The highest BCUT2D eigenvalue weighted by atomic mass is 14.8. The molecule has 0 bridgehead atoms. The summed E-state index contributed by atoms with van der Waals surface area (Å²) >= 11 is 0. The van der Waals surface area contributed by atoms with Gasteiger partial charge < -0.3 is 5.32 Å². The fraction of sp³-hybridized carbons (Fsp3) is 0.333. The third-order valence-corrected chi connectivity index (χ3v) is 2.58. The molecular formula is C12H17N. The minimum atomic E-state index is 0.978. The van der Waals surface area contributed by atoms with Gasteiger partial charge in [0.25, 0.3) is 0 Å². The molecule has 1 N–H and O–H groups in total. The average molecular weight is 175 g/mol. The molecule has 13 heavy (non-hydrogen) atoms. The van der Waals surface area contributed by atoms with Gasteiger partial charge in [0.05, 0.1) is 0 Å². The second-order valence-electron chi connectivity index (χ2n) is 3.46. The lowest BCUT2D eigenvalue weighted by Crippen LogP contribution is -2.04. The van der Waals surface area contributed by atoms with Crippen LogP contribution in [0.3, 0.4) is 0 Å². The molecule has 1 heteroatoms. The summed E-state index contributed by atoms with van der Waals surface area (Å²) < 4.78 is 0. The van der Waals surface area contributed by atoms with Gasteiger partial charge in [-0.1, -0.05) is 6.58 Å². The van der Waals surface area contributed by atoms with E-state index in [-0.39, 0.29) is 0 Å². The van der Waals surface area contributed by atoms with Crippen LogP contribution in [0.5, 0.6) is 0 Å². The van der Waals surface area contributed by atoms with Gasteiger partial charge >= 0.3 is 0 Å². The average Bonchev–Trinajstić information content (AvgIpc) is 2.12. The molecule has 0 radical (unpaired) electrons. The second-order valence-corrected chi connectivity index (χ2v) is 3.46. The number of hydrogen-bond donors (Lipinski definition) is 1. The van der Waals surface area contributed by atoms with Crippen molar-refractivity contribution in [3.05, 3.63) is 41.0 Å². The predicted molar refractivity (Wildman–Crippen MR) is 58.7 cm³/mol. The molecule has 0 aliphatic carbocycles. The van der Waals surface area contributed by atoms with Crippen LogP contribution >= 0.6 is 0 Å². The summed E-state index contributed by atoms with van der Waals surface area (Å²) in [6.07, 6.45) is 0. The molecule has 1 rings (SSSR count). The van der Waals surface area contributed by atoms with Crippen LogP contribution in [0.1, 0.15) is 22.3 Å². The Labute approximate surface area is 80.5 Å². The number of rotatable bonds is 2. The Bertz CT molecular complexity index is 314. The first-order valence-electron chi connectivity index (χ1n) is 4.51. The monoisotopic (exact) mass is 175 g/mol. The van der Waals surface area contributed by atoms with Crippen molar-refractivity contribution in [1.29, 1.82) is 0 Å². The lowest BCUT2D eigenvalue weighted by Gasteiger charge is -2.10. The van der Waals surface area contributed by atoms with E-state index >= 15 is 0 Å². The Hall–Kier alpha value is -1.24. The van der Waals surface area contributed by atoms with Crippen molar-refractivity contribution in [2.45, 2.75) is 20.8 Å². The normalized spacial score (nSPS) is 9.85. The highest BCUT2D eigenvalue weighted by molar-refractivity contribution is 5.63. The standard InChI is InChI=1S/C12H17N/c1-8-6-12(11(4)13-5)7-9(2)10(8)3/h6-7,13H,4H2,1-3,5H3. The van der Waals surface area contributed by atoms with Crippen LogP contribution in [-0.2, 0) is 0 Å². The van der Waals surface area contributed by atoms with E-state index in [1.54, 1.807) is 0 Å². The highest BCUT2D eigenvalue weighted by Gasteiger charge is 2.02. The molecular weight excluding hydrogens is 158 g/mol. The first-order chi connectivity index (χ1) is 6.06. The minimum absolute atomic E-state index is 0.978. The van der Waals surface area contributed by atoms with Crippen LogP contribution < -0.4 is 5.32 Å². The van der Waals surface area contributed by atoms with Crippen molar-refractivity contribution in [1.82, 2.24) is 5.32 Å². The van der Waals surface area contributed by atoms with Crippen LogP contribution in [0, 0.1) is 20.8 Å². The zero-order chi connectivity index (χ0) is 10.0. The third-order valence-electron chi connectivity index (χ3n) is 2.58. The van der Waals surface area contributed by atoms with Gasteiger partial charge in [-0.05, 0) is 55.2 Å². The predicted octanol–water partition coefficient (Wildman–Crippen LogP) is 2.80. The van der Waals surface area contributed by atoms with Crippen molar-refractivity contribution < 1.29 is 0 Å². The first-order valence-corrected chi connectivity index (χ1v) is 4.51. The Morgan fingerprint density at radius 2 is 1.62 bits per heavy atom. The van der Waals surface area contributed by atoms with Gasteiger partial charge in [0.15, 0.2) is 0 Å². The Morgan fingerprint density at radius 1 is 1.15 bits per heavy atom. The van der Waals surface area contributed by atoms with E-state index in [1.165, 1.54) is 22.3 Å². The summed E-state index contributed by atoms with van der Waals surface area (Å²) in [5, 5.41) is 3.06. The summed E-state index contributed by atoms with van der Waals surface area (Å²) in [4.78, 5) is 0. The molecule has 1 aromatic carbocycles. The quantitative estimate of drug-likeness (QED) is 0.728. The molecule has 0 aromatic heterocycles. The van der Waals surface area contributed by atoms with Gasteiger partial charge in [0, 0.05) is 12.7 Å². The van der Waals surface area contributed by atoms with Gasteiger partial charge in [-0.3, -0.25) is 0 Å².